The Morgan fingerprint density at radius 2 is 1.64 bits per heavy atom. The number of amides is 2. The first kappa shape index (κ1) is 25.9. The van der Waals surface area contributed by atoms with E-state index in [0.717, 1.165) is 17.7 Å². The van der Waals surface area contributed by atoms with Crippen LogP contribution in [0.15, 0.2) is 79.3 Å². The van der Waals surface area contributed by atoms with Crippen LogP contribution in [-0.4, -0.2) is 31.6 Å². The van der Waals surface area contributed by atoms with Gasteiger partial charge in [0.25, 0.3) is 0 Å². The molecular weight excluding hydrogens is 533 g/mol. The largest absolute Gasteiger partial charge is 0.417 e. The topological polar surface area (TPSA) is 102 Å². The van der Waals surface area contributed by atoms with Crippen LogP contribution < -0.4 is 10.6 Å². The molecule has 0 spiro atoms. The molecule has 2 N–H and O–H groups in total. The molecular formula is C27H18ClF3N6O2. The molecule has 0 aliphatic carbocycles. The summed E-state index contributed by atoms with van der Waals surface area (Å²) in [5.74, 6) is -0.318. The number of benzene rings is 3. The zero-order chi connectivity index (χ0) is 27.7. The van der Waals surface area contributed by atoms with E-state index in [1.807, 2.05) is 6.20 Å². The Morgan fingerprint density at radius 1 is 0.897 bits per heavy atom. The van der Waals surface area contributed by atoms with E-state index in [2.05, 4.69) is 25.7 Å². The highest BCUT2D eigenvalue weighted by Gasteiger charge is 2.33. The van der Waals surface area contributed by atoms with Gasteiger partial charge in [0.1, 0.15) is 0 Å². The third-order valence-electron chi connectivity index (χ3n) is 5.72. The number of rotatable bonds is 5. The van der Waals surface area contributed by atoms with Crippen molar-refractivity contribution in [1.82, 2.24) is 19.7 Å². The average Bonchev–Trinajstić information content (AvgIpc) is 3.34. The lowest BCUT2D eigenvalue weighted by Crippen LogP contribution is -2.20. The van der Waals surface area contributed by atoms with Crippen molar-refractivity contribution in [3.63, 3.8) is 0 Å². The number of anilines is 2. The number of hydrogen-bond acceptors (Lipinski definition) is 5. The molecule has 0 fully saturated rings. The maximum Gasteiger partial charge on any atom is 0.417 e. The van der Waals surface area contributed by atoms with E-state index in [-0.39, 0.29) is 22.7 Å². The minimum atomic E-state index is -4.67. The van der Waals surface area contributed by atoms with Crippen molar-refractivity contribution in [3.8, 4) is 11.3 Å². The van der Waals surface area contributed by atoms with Crippen molar-refractivity contribution in [2.75, 3.05) is 10.6 Å². The summed E-state index contributed by atoms with van der Waals surface area (Å²) < 4.78 is 41.0. The van der Waals surface area contributed by atoms with E-state index in [1.165, 1.54) is 12.1 Å². The summed E-state index contributed by atoms with van der Waals surface area (Å²) in [5, 5.41) is 8.51. The van der Waals surface area contributed by atoms with Crippen LogP contribution in [0.3, 0.4) is 0 Å². The molecule has 0 aliphatic rings. The van der Waals surface area contributed by atoms with E-state index in [9.17, 15) is 22.8 Å². The fourth-order valence-electron chi connectivity index (χ4n) is 3.86. The molecule has 0 radical (unpaired) electrons. The molecule has 0 saturated carbocycles. The van der Waals surface area contributed by atoms with Crippen molar-refractivity contribution in [2.45, 2.75) is 6.18 Å². The SMILES string of the molecule is Cn1cc(-c2cnc3ccc(C(=O)c4cccc(NC(=O)Nc5ccc(Cl)c(C(F)(F)F)c5)c4)cc3n2)cn1. The second-order valence-electron chi connectivity index (χ2n) is 8.54. The zero-order valence-corrected chi connectivity index (χ0v) is 20.9. The van der Waals surface area contributed by atoms with Gasteiger partial charge in [0, 0.05) is 41.3 Å². The summed E-state index contributed by atoms with van der Waals surface area (Å²) in [4.78, 5) is 34.7. The number of carbonyl (C=O) groups excluding carboxylic acids is 2. The van der Waals surface area contributed by atoms with Crippen LogP contribution in [0.25, 0.3) is 22.3 Å². The number of halogens is 4. The highest BCUT2D eigenvalue weighted by atomic mass is 35.5. The van der Waals surface area contributed by atoms with Crippen molar-refractivity contribution >= 4 is 45.8 Å². The Kier molecular flexibility index (Phi) is 6.75. The fraction of sp³-hybridized carbons (Fsp3) is 0.0741. The molecule has 0 aliphatic heterocycles. The monoisotopic (exact) mass is 550 g/mol. The lowest BCUT2D eigenvalue weighted by Gasteiger charge is -2.12. The third kappa shape index (κ3) is 5.73. The van der Waals surface area contributed by atoms with Crippen LogP contribution in [0.4, 0.5) is 29.3 Å². The van der Waals surface area contributed by atoms with Crippen LogP contribution >= 0.6 is 11.6 Å². The van der Waals surface area contributed by atoms with Gasteiger partial charge in [-0.25, -0.2) is 9.78 Å². The second-order valence-corrected chi connectivity index (χ2v) is 8.95. The van der Waals surface area contributed by atoms with Crippen LogP contribution in [0.2, 0.25) is 5.02 Å². The summed E-state index contributed by atoms with van der Waals surface area (Å²) >= 11 is 5.62. The molecule has 3 aromatic carbocycles. The summed E-state index contributed by atoms with van der Waals surface area (Å²) in [6.07, 6.45) is 0.437. The lowest BCUT2D eigenvalue weighted by molar-refractivity contribution is -0.137. The predicted octanol–water partition coefficient (Wildman–Crippen LogP) is 6.58. The maximum atomic E-state index is 13.2. The summed E-state index contributed by atoms with van der Waals surface area (Å²) in [5.41, 5.74) is 2.29. The van der Waals surface area contributed by atoms with Gasteiger partial charge in [0.15, 0.2) is 5.78 Å². The van der Waals surface area contributed by atoms with Gasteiger partial charge in [-0.1, -0.05) is 23.7 Å². The van der Waals surface area contributed by atoms with Gasteiger partial charge < -0.3 is 10.6 Å². The first-order valence-electron chi connectivity index (χ1n) is 11.4. The Labute approximate surface area is 224 Å². The second kappa shape index (κ2) is 10.2. The summed E-state index contributed by atoms with van der Waals surface area (Å²) in [6, 6.07) is 13.4. The Morgan fingerprint density at radius 3 is 2.36 bits per heavy atom. The maximum absolute atomic E-state index is 13.2. The molecule has 5 aromatic rings. The number of fused-ring (bicyclic) bond motifs is 1. The number of carbonyl (C=O) groups is 2. The third-order valence-corrected chi connectivity index (χ3v) is 6.05. The number of ketones is 1. The number of nitrogens with one attached hydrogen (secondary N) is 2. The molecule has 12 heteroatoms. The van der Waals surface area contributed by atoms with Gasteiger partial charge in [-0.3, -0.25) is 14.5 Å². The molecule has 39 heavy (non-hydrogen) atoms. The number of hydrogen-bond donors (Lipinski definition) is 2. The van der Waals surface area contributed by atoms with Gasteiger partial charge in [-0.15, -0.1) is 0 Å². The first-order chi connectivity index (χ1) is 18.6. The van der Waals surface area contributed by atoms with Crippen LogP contribution in [0.1, 0.15) is 21.5 Å². The number of alkyl halides is 3. The Hall–Kier alpha value is -4.77. The van der Waals surface area contributed by atoms with Crippen molar-refractivity contribution in [2.24, 2.45) is 7.05 Å². The van der Waals surface area contributed by atoms with Crippen LogP contribution in [0, 0.1) is 0 Å². The van der Waals surface area contributed by atoms with Gasteiger partial charge in [-0.05, 0) is 48.5 Å². The average molecular weight is 551 g/mol. The minimum Gasteiger partial charge on any atom is -0.308 e. The smallest absolute Gasteiger partial charge is 0.308 e. The molecule has 0 bridgehead atoms. The Balaban J connectivity index is 1.33. The van der Waals surface area contributed by atoms with Crippen LogP contribution in [-0.2, 0) is 13.2 Å². The molecule has 0 unspecified atom stereocenters. The van der Waals surface area contributed by atoms with Crippen molar-refractivity contribution in [1.29, 1.82) is 0 Å². The number of urea groups is 1. The standard InChI is InChI=1S/C27H18ClF3N6O2/c1-37-14-17(12-33-37)24-13-32-22-8-5-16(10-23(22)36-24)25(38)15-3-2-4-18(9-15)34-26(39)35-19-6-7-21(28)20(11-19)27(29,30)31/h2-14H,1H3,(H2,34,35,39). The molecule has 2 heterocycles. The van der Waals surface area contributed by atoms with E-state index >= 15 is 0 Å². The normalized spacial score (nSPS) is 11.4. The molecule has 0 saturated heterocycles. The predicted molar refractivity (Wildman–Crippen MR) is 141 cm³/mol. The van der Waals surface area contributed by atoms with Gasteiger partial charge >= 0.3 is 12.2 Å². The highest BCUT2D eigenvalue weighted by Crippen LogP contribution is 2.36. The van der Waals surface area contributed by atoms with Gasteiger partial charge in [0.05, 0.1) is 39.7 Å². The molecule has 5 rings (SSSR count). The van der Waals surface area contributed by atoms with Crippen molar-refractivity contribution < 1.29 is 22.8 Å². The van der Waals surface area contributed by atoms with Crippen molar-refractivity contribution in [3.05, 3.63) is 101 Å². The minimum absolute atomic E-state index is 0.0978. The highest BCUT2D eigenvalue weighted by molar-refractivity contribution is 6.31. The fourth-order valence-corrected chi connectivity index (χ4v) is 4.09. The molecule has 2 aromatic heterocycles. The molecule has 196 valence electrons. The number of aryl methyl sites for hydroxylation is 1. The zero-order valence-electron chi connectivity index (χ0n) is 20.1. The number of aromatic nitrogens is 4. The van der Waals surface area contributed by atoms with E-state index in [4.69, 9.17) is 11.6 Å². The molecule has 2 amide bonds. The summed E-state index contributed by atoms with van der Waals surface area (Å²) in [7, 11) is 1.79. The number of nitrogens with zero attached hydrogens (tertiary/aromatic N) is 4. The molecule has 8 nitrogen and oxygen atoms in total. The Bertz CT molecular complexity index is 1730. The summed E-state index contributed by atoms with van der Waals surface area (Å²) in [6.45, 7) is 0. The van der Waals surface area contributed by atoms with E-state index in [0.29, 0.717) is 22.3 Å². The lowest BCUT2D eigenvalue weighted by atomic mass is 10.0. The quantitative estimate of drug-likeness (QED) is 0.241. The van der Waals surface area contributed by atoms with E-state index in [1.54, 1.807) is 60.5 Å². The van der Waals surface area contributed by atoms with Gasteiger partial charge in [0.2, 0.25) is 0 Å². The van der Waals surface area contributed by atoms with Crippen LogP contribution in [0.5, 0.6) is 0 Å². The van der Waals surface area contributed by atoms with E-state index < -0.39 is 22.8 Å². The van der Waals surface area contributed by atoms with Gasteiger partial charge in [-0.2, -0.15) is 18.3 Å². The first-order valence-corrected chi connectivity index (χ1v) is 11.8. The molecule has 0 atom stereocenters.